The summed E-state index contributed by atoms with van der Waals surface area (Å²) in [5, 5.41) is 9.62. The molecule has 3 rings (SSSR count). The van der Waals surface area contributed by atoms with Gasteiger partial charge < -0.3 is 14.0 Å². The van der Waals surface area contributed by atoms with Gasteiger partial charge in [-0.05, 0) is 58.2 Å². The van der Waals surface area contributed by atoms with Crippen LogP contribution in [0.4, 0.5) is 4.79 Å². The average molecular weight is 383 g/mol. The van der Waals surface area contributed by atoms with Crippen molar-refractivity contribution in [2.75, 3.05) is 26.7 Å². The number of carbonyl (C=O) groups excluding carboxylic acids is 1. The fourth-order valence-electron chi connectivity index (χ4n) is 3.91. The van der Waals surface area contributed by atoms with Gasteiger partial charge in [-0.1, -0.05) is 6.07 Å². The summed E-state index contributed by atoms with van der Waals surface area (Å²) in [4.78, 5) is 16.3. The third kappa shape index (κ3) is 4.85. The first-order valence-corrected chi connectivity index (χ1v) is 9.92. The standard InChI is InChI=1S/C22H30N4O2/c1-22(2,3)28-21(27)24(4)13-17-8-7-10-25(14-17)15-18-16-26-11-6-5-9-20(26)19(18)12-23/h5-6,9,11,16-17H,7-8,10,13-15H2,1-4H3. The van der Waals surface area contributed by atoms with Gasteiger partial charge in [-0.2, -0.15) is 5.26 Å². The highest BCUT2D eigenvalue weighted by atomic mass is 16.6. The second kappa shape index (κ2) is 8.24. The number of piperidine rings is 1. The van der Waals surface area contributed by atoms with Gasteiger partial charge in [0.05, 0.1) is 11.1 Å². The number of nitriles is 1. The summed E-state index contributed by atoms with van der Waals surface area (Å²) in [5.74, 6) is 0.411. The van der Waals surface area contributed by atoms with E-state index in [0.29, 0.717) is 12.5 Å². The molecule has 0 spiro atoms. The number of aromatic nitrogens is 1. The van der Waals surface area contributed by atoms with Gasteiger partial charge in [0.2, 0.25) is 0 Å². The minimum atomic E-state index is -0.477. The summed E-state index contributed by atoms with van der Waals surface area (Å²) in [6, 6.07) is 8.29. The van der Waals surface area contributed by atoms with Crippen molar-refractivity contribution in [1.29, 1.82) is 5.26 Å². The van der Waals surface area contributed by atoms with Crippen LogP contribution in [0.25, 0.3) is 5.52 Å². The smallest absolute Gasteiger partial charge is 0.410 e. The van der Waals surface area contributed by atoms with E-state index in [1.54, 1.807) is 11.9 Å². The number of pyridine rings is 1. The maximum absolute atomic E-state index is 12.2. The van der Waals surface area contributed by atoms with E-state index in [-0.39, 0.29) is 6.09 Å². The minimum absolute atomic E-state index is 0.268. The quantitative estimate of drug-likeness (QED) is 0.805. The second-order valence-corrected chi connectivity index (χ2v) is 8.74. The SMILES string of the molecule is CN(CC1CCCN(Cc2cn3ccccc3c2C#N)C1)C(=O)OC(C)(C)C. The van der Waals surface area contributed by atoms with Crippen molar-refractivity contribution in [3.63, 3.8) is 0 Å². The van der Waals surface area contributed by atoms with Crippen LogP contribution in [0.2, 0.25) is 0 Å². The monoisotopic (exact) mass is 382 g/mol. The number of likely N-dealkylation sites (tertiary alicyclic amines) is 1. The molecule has 6 nitrogen and oxygen atoms in total. The maximum Gasteiger partial charge on any atom is 0.410 e. The Morgan fingerprint density at radius 1 is 1.39 bits per heavy atom. The minimum Gasteiger partial charge on any atom is -0.444 e. The molecule has 28 heavy (non-hydrogen) atoms. The normalized spacial score (nSPS) is 18.0. The van der Waals surface area contributed by atoms with E-state index >= 15 is 0 Å². The van der Waals surface area contributed by atoms with Gasteiger partial charge >= 0.3 is 6.09 Å². The van der Waals surface area contributed by atoms with Crippen LogP contribution in [0.1, 0.15) is 44.7 Å². The first-order valence-electron chi connectivity index (χ1n) is 9.92. The van der Waals surface area contributed by atoms with Crippen LogP contribution in [0.5, 0.6) is 0 Å². The summed E-state index contributed by atoms with van der Waals surface area (Å²) < 4.78 is 7.48. The van der Waals surface area contributed by atoms with Crippen LogP contribution in [-0.2, 0) is 11.3 Å². The molecule has 0 N–H and O–H groups in total. The van der Waals surface area contributed by atoms with Crippen molar-refractivity contribution in [2.45, 2.75) is 45.8 Å². The Kier molecular flexibility index (Phi) is 5.95. The molecule has 1 amide bonds. The maximum atomic E-state index is 12.2. The van der Waals surface area contributed by atoms with Gasteiger partial charge in [-0.3, -0.25) is 4.90 Å². The average Bonchev–Trinajstić information content (AvgIpc) is 2.97. The van der Waals surface area contributed by atoms with Crippen molar-refractivity contribution in [3.05, 3.63) is 41.7 Å². The van der Waals surface area contributed by atoms with Gasteiger partial charge in [0, 0.05) is 44.6 Å². The number of nitrogens with zero attached hydrogens (tertiary/aromatic N) is 4. The second-order valence-electron chi connectivity index (χ2n) is 8.74. The molecular weight excluding hydrogens is 352 g/mol. The van der Waals surface area contributed by atoms with E-state index in [1.807, 2.05) is 49.6 Å². The van der Waals surface area contributed by atoms with Crippen molar-refractivity contribution in [1.82, 2.24) is 14.2 Å². The Balaban J connectivity index is 1.63. The molecule has 0 radical (unpaired) electrons. The summed E-state index contributed by atoms with van der Waals surface area (Å²) in [5.41, 5.74) is 2.30. The summed E-state index contributed by atoms with van der Waals surface area (Å²) in [6.07, 6.45) is 5.97. The Morgan fingerprint density at radius 3 is 2.89 bits per heavy atom. The molecule has 2 aromatic rings. The van der Waals surface area contributed by atoms with Gasteiger partial charge in [0.25, 0.3) is 0 Å². The molecule has 2 aromatic heterocycles. The largest absolute Gasteiger partial charge is 0.444 e. The van der Waals surface area contributed by atoms with Crippen molar-refractivity contribution >= 4 is 11.6 Å². The Labute approximate surface area is 167 Å². The van der Waals surface area contributed by atoms with Crippen molar-refractivity contribution in [2.24, 2.45) is 5.92 Å². The van der Waals surface area contributed by atoms with Crippen LogP contribution in [-0.4, -0.2) is 52.6 Å². The molecule has 3 heterocycles. The zero-order valence-corrected chi connectivity index (χ0v) is 17.3. The van der Waals surface area contributed by atoms with Gasteiger partial charge in [0.1, 0.15) is 11.7 Å². The molecule has 150 valence electrons. The lowest BCUT2D eigenvalue weighted by atomic mass is 9.97. The molecule has 1 unspecified atom stereocenters. The van der Waals surface area contributed by atoms with Crippen LogP contribution in [0.3, 0.4) is 0 Å². The van der Waals surface area contributed by atoms with Gasteiger partial charge in [-0.25, -0.2) is 4.79 Å². The Morgan fingerprint density at radius 2 is 2.18 bits per heavy atom. The zero-order valence-electron chi connectivity index (χ0n) is 17.3. The fourth-order valence-corrected chi connectivity index (χ4v) is 3.91. The molecule has 0 bridgehead atoms. The topological polar surface area (TPSA) is 61.0 Å². The predicted molar refractivity (Wildman–Crippen MR) is 109 cm³/mol. The van der Waals surface area contributed by atoms with Crippen molar-refractivity contribution < 1.29 is 9.53 Å². The molecule has 6 heteroatoms. The van der Waals surface area contributed by atoms with E-state index < -0.39 is 5.60 Å². The summed E-state index contributed by atoms with van der Waals surface area (Å²) >= 11 is 0. The number of rotatable bonds is 4. The highest BCUT2D eigenvalue weighted by molar-refractivity contribution is 5.67. The highest BCUT2D eigenvalue weighted by Crippen LogP contribution is 2.24. The number of fused-ring (bicyclic) bond motifs is 1. The fraction of sp³-hybridized carbons (Fsp3) is 0.545. The lowest BCUT2D eigenvalue weighted by Gasteiger charge is -2.35. The first kappa shape index (κ1) is 20.2. The van der Waals surface area contributed by atoms with E-state index in [1.165, 1.54) is 0 Å². The lowest BCUT2D eigenvalue weighted by molar-refractivity contribution is 0.0241. The van der Waals surface area contributed by atoms with Crippen LogP contribution in [0, 0.1) is 17.2 Å². The molecular formula is C22H30N4O2. The van der Waals surface area contributed by atoms with Crippen LogP contribution >= 0.6 is 0 Å². The molecule has 1 saturated heterocycles. The number of hydrogen-bond acceptors (Lipinski definition) is 4. The van der Waals surface area contributed by atoms with Crippen LogP contribution < -0.4 is 0 Å². The lowest BCUT2D eigenvalue weighted by Crippen LogP contribution is -2.42. The number of amides is 1. The molecule has 1 fully saturated rings. The van der Waals surface area contributed by atoms with E-state index in [0.717, 1.165) is 49.1 Å². The van der Waals surface area contributed by atoms with Gasteiger partial charge in [-0.15, -0.1) is 0 Å². The zero-order chi connectivity index (χ0) is 20.3. The third-order valence-electron chi connectivity index (χ3n) is 5.11. The molecule has 1 aliphatic rings. The Bertz CT molecular complexity index is 875. The molecule has 0 aromatic carbocycles. The molecule has 0 aliphatic carbocycles. The Hall–Kier alpha value is -2.52. The first-order chi connectivity index (χ1) is 13.3. The summed E-state index contributed by atoms with van der Waals surface area (Å²) in [7, 11) is 1.81. The van der Waals surface area contributed by atoms with E-state index in [9.17, 15) is 10.1 Å². The van der Waals surface area contributed by atoms with Crippen LogP contribution in [0.15, 0.2) is 30.6 Å². The summed E-state index contributed by atoms with van der Waals surface area (Å²) in [6.45, 7) is 9.04. The molecule has 1 aliphatic heterocycles. The molecule has 0 saturated carbocycles. The number of carbonyl (C=O) groups is 1. The molecule has 1 atom stereocenters. The third-order valence-corrected chi connectivity index (χ3v) is 5.11. The predicted octanol–water partition coefficient (Wildman–Crippen LogP) is 3.89. The van der Waals surface area contributed by atoms with Crippen molar-refractivity contribution in [3.8, 4) is 6.07 Å². The number of hydrogen-bond donors (Lipinski definition) is 0. The highest BCUT2D eigenvalue weighted by Gasteiger charge is 2.26. The van der Waals surface area contributed by atoms with E-state index in [4.69, 9.17) is 4.74 Å². The van der Waals surface area contributed by atoms with Gasteiger partial charge in [0.15, 0.2) is 0 Å². The van der Waals surface area contributed by atoms with E-state index in [2.05, 4.69) is 17.2 Å². The number of ether oxygens (including phenoxy) is 1.